The van der Waals surface area contributed by atoms with Crippen molar-refractivity contribution in [3.63, 3.8) is 0 Å². The maximum absolute atomic E-state index is 13.6. The van der Waals surface area contributed by atoms with Crippen molar-refractivity contribution in [2.75, 3.05) is 19.6 Å². The van der Waals surface area contributed by atoms with Crippen molar-refractivity contribution in [3.05, 3.63) is 107 Å². The molecule has 1 aliphatic rings. The number of aliphatic hydroxyl groups is 1. The van der Waals surface area contributed by atoms with Gasteiger partial charge in [-0.15, -0.1) is 0 Å². The molecular formula is C34H42F2N2O2. The summed E-state index contributed by atoms with van der Waals surface area (Å²) < 4.78 is 27.2. The first-order chi connectivity index (χ1) is 19.0. The van der Waals surface area contributed by atoms with E-state index in [0.717, 1.165) is 30.0 Å². The van der Waals surface area contributed by atoms with E-state index < -0.39 is 23.3 Å². The Morgan fingerprint density at radius 2 is 1.70 bits per heavy atom. The summed E-state index contributed by atoms with van der Waals surface area (Å²) >= 11 is 0. The Bertz CT molecular complexity index is 1250. The number of aliphatic hydroxyl groups excluding tert-OH is 1. The Morgan fingerprint density at radius 1 is 0.975 bits per heavy atom. The molecule has 2 atom stereocenters. The fourth-order valence-electron chi connectivity index (χ4n) is 5.59. The number of benzene rings is 3. The Balaban J connectivity index is 1.49. The third kappa shape index (κ3) is 7.98. The normalized spacial score (nSPS) is 18.5. The lowest BCUT2D eigenvalue weighted by Crippen LogP contribution is -2.57. The molecule has 1 heterocycles. The molecule has 0 bridgehead atoms. The second-order valence-electron chi connectivity index (χ2n) is 12.2. The molecule has 2 unspecified atom stereocenters. The summed E-state index contributed by atoms with van der Waals surface area (Å²) in [5, 5.41) is 14.5. The minimum atomic E-state index is -0.710. The van der Waals surface area contributed by atoms with E-state index in [2.05, 4.69) is 50.4 Å². The van der Waals surface area contributed by atoms with E-state index in [9.17, 15) is 18.7 Å². The highest BCUT2D eigenvalue weighted by molar-refractivity contribution is 5.76. The summed E-state index contributed by atoms with van der Waals surface area (Å²) in [4.78, 5) is 15.3. The van der Waals surface area contributed by atoms with Crippen molar-refractivity contribution in [2.24, 2.45) is 0 Å². The van der Waals surface area contributed by atoms with Gasteiger partial charge in [0.25, 0.3) is 0 Å². The SMILES string of the molecule is CC(C)(C)c1cccc(C2(NCC(O)CCc3cc(F)cc(F)c3)CCCN(C(=O)CCc3ccccc3)C2)c1. The Hall–Kier alpha value is -3.09. The van der Waals surface area contributed by atoms with Crippen molar-refractivity contribution in [1.82, 2.24) is 10.2 Å². The lowest BCUT2D eigenvalue weighted by molar-refractivity contribution is -0.133. The van der Waals surface area contributed by atoms with Crippen molar-refractivity contribution < 1.29 is 18.7 Å². The number of amides is 1. The van der Waals surface area contributed by atoms with Crippen molar-refractivity contribution in [3.8, 4) is 0 Å². The standard InChI is InChI=1S/C34H42F2N2O2/c1-33(2,3)27-11-7-12-28(21-27)34(37-23-31(39)15-13-26-19-29(35)22-30(36)20-26)17-8-18-38(24-34)32(40)16-14-25-9-5-4-6-10-25/h4-7,9-12,19-22,31,37,39H,8,13-18,23-24H2,1-3H3. The zero-order valence-corrected chi connectivity index (χ0v) is 23.9. The molecule has 3 aromatic carbocycles. The van der Waals surface area contributed by atoms with Gasteiger partial charge in [-0.05, 0) is 71.9 Å². The Morgan fingerprint density at radius 3 is 2.40 bits per heavy atom. The average Bonchev–Trinajstić information content (AvgIpc) is 2.93. The minimum Gasteiger partial charge on any atom is -0.392 e. The maximum Gasteiger partial charge on any atom is 0.222 e. The maximum atomic E-state index is 13.6. The molecule has 0 aromatic heterocycles. The Labute approximate surface area is 237 Å². The van der Waals surface area contributed by atoms with Crippen LogP contribution in [0.15, 0.2) is 72.8 Å². The number of carbonyl (C=O) groups excluding carboxylic acids is 1. The summed E-state index contributed by atoms with van der Waals surface area (Å²) in [6.07, 6.45) is 2.87. The molecule has 0 saturated carbocycles. The number of carbonyl (C=O) groups is 1. The number of nitrogens with one attached hydrogen (secondary N) is 1. The predicted molar refractivity (Wildman–Crippen MR) is 156 cm³/mol. The van der Waals surface area contributed by atoms with Gasteiger partial charge in [-0.1, -0.05) is 75.4 Å². The molecule has 0 spiro atoms. The largest absolute Gasteiger partial charge is 0.392 e. The fraction of sp³-hybridized carbons (Fsp3) is 0.441. The molecule has 1 saturated heterocycles. The van der Waals surface area contributed by atoms with Crippen LogP contribution in [0.5, 0.6) is 0 Å². The van der Waals surface area contributed by atoms with E-state index in [-0.39, 0.29) is 11.3 Å². The van der Waals surface area contributed by atoms with Crippen LogP contribution in [0.4, 0.5) is 8.78 Å². The van der Waals surface area contributed by atoms with Crippen LogP contribution < -0.4 is 5.32 Å². The third-order valence-electron chi connectivity index (χ3n) is 7.96. The number of piperidine rings is 1. The first-order valence-corrected chi connectivity index (χ1v) is 14.3. The van der Waals surface area contributed by atoms with Gasteiger partial charge in [0, 0.05) is 32.1 Å². The van der Waals surface area contributed by atoms with Gasteiger partial charge in [0.2, 0.25) is 5.91 Å². The van der Waals surface area contributed by atoms with E-state index in [4.69, 9.17) is 0 Å². The van der Waals surface area contributed by atoms with Crippen molar-refractivity contribution in [1.29, 1.82) is 0 Å². The molecule has 2 N–H and O–H groups in total. The van der Waals surface area contributed by atoms with Gasteiger partial charge in [-0.3, -0.25) is 4.79 Å². The Kier molecular flexibility index (Phi) is 9.75. The first-order valence-electron chi connectivity index (χ1n) is 14.3. The third-order valence-corrected chi connectivity index (χ3v) is 7.96. The predicted octanol–water partition coefficient (Wildman–Crippen LogP) is 6.30. The number of halogens is 2. The molecule has 1 amide bonds. The summed E-state index contributed by atoms with van der Waals surface area (Å²) in [6.45, 7) is 8.10. The molecule has 0 aliphatic carbocycles. The lowest BCUT2D eigenvalue weighted by atomic mass is 9.78. The molecule has 4 rings (SSSR count). The van der Waals surface area contributed by atoms with E-state index in [1.807, 2.05) is 35.2 Å². The summed E-state index contributed by atoms with van der Waals surface area (Å²) in [6, 6.07) is 22.1. The summed E-state index contributed by atoms with van der Waals surface area (Å²) in [5.74, 6) is -1.09. The van der Waals surface area contributed by atoms with E-state index in [1.54, 1.807) is 0 Å². The van der Waals surface area contributed by atoms with Crippen LogP contribution in [0, 0.1) is 11.6 Å². The number of rotatable bonds is 10. The molecule has 3 aromatic rings. The highest BCUT2D eigenvalue weighted by Crippen LogP contribution is 2.35. The van der Waals surface area contributed by atoms with Crippen LogP contribution in [0.25, 0.3) is 0 Å². The monoisotopic (exact) mass is 548 g/mol. The molecule has 1 fully saturated rings. The van der Waals surface area contributed by atoms with Crippen LogP contribution in [0.2, 0.25) is 0 Å². The zero-order chi connectivity index (χ0) is 28.8. The van der Waals surface area contributed by atoms with Crippen molar-refractivity contribution in [2.45, 2.75) is 76.4 Å². The number of likely N-dealkylation sites (tertiary alicyclic amines) is 1. The molecule has 1 aliphatic heterocycles. The topological polar surface area (TPSA) is 52.6 Å². The molecular weight excluding hydrogens is 506 g/mol. The van der Waals surface area contributed by atoms with Crippen LogP contribution in [-0.4, -0.2) is 41.7 Å². The number of nitrogens with zero attached hydrogens (tertiary/aromatic N) is 1. The van der Waals surface area contributed by atoms with Gasteiger partial charge < -0.3 is 15.3 Å². The highest BCUT2D eigenvalue weighted by Gasteiger charge is 2.39. The second kappa shape index (κ2) is 13.0. The zero-order valence-electron chi connectivity index (χ0n) is 23.9. The molecule has 4 nitrogen and oxygen atoms in total. The number of aryl methyl sites for hydroxylation is 2. The lowest BCUT2D eigenvalue weighted by Gasteiger charge is -2.45. The van der Waals surface area contributed by atoms with E-state index >= 15 is 0 Å². The number of hydrogen-bond acceptors (Lipinski definition) is 3. The van der Waals surface area contributed by atoms with Gasteiger partial charge >= 0.3 is 0 Å². The summed E-state index contributed by atoms with van der Waals surface area (Å²) in [7, 11) is 0. The van der Waals surface area contributed by atoms with Crippen LogP contribution in [0.1, 0.15) is 68.7 Å². The van der Waals surface area contributed by atoms with Gasteiger partial charge in [-0.25, -0.2) is 8.78 Å². The molecule has 214 valence electrons. The second-order valence-corrected chi connectivity index (χ2v) is 12.2. The smallest absolute Gasteiger partial charge is 0.222 e. The fourth-order valence-corrected chi connectivity index (χ4v) is 5.59. The van der Waals surface area contributed by atoms with Gasteiger partial charge in [-0.2, -0.15) is 0 Å². The van der Waals surface area contributed by atoms with Gasteiger partial charge in [0.05, 0.1) is 11.6 Å². The van der Waals surface area contributed by atoms with Gasteiger partial charge in [0.15, 0.2) is 0 Å². The first kappa shape index (κ1) is 29.9. The minimum absolute atomic E-state index is 0.0310. The molecule has 0 radical (unpaired) electrons. The highest BCUT2D eigenvalue weighted by atomic mass is 19.1. The summed E-state index contributed by atoms with van der Waals surface area (Å²) in [5.41, 5.74) is 3.46. The van der Waals surface area contributed by atoms with Gasteiger partial charge in [0.1, 0.15) is 11.6 Å². The van der Waals surface area contributed by atoms with E-state index in [1.165, 1.54) is 17.7 Å². The molecule has 6 heteroatoms. The van der Waals surface area contributed by atoms with E-state index in [0.29, 0.717) is 50.9 Å². The van der Waals surface area contributed by atoms with Crippen LogP contribution in [-0.2, 0) is 28.6 Å². The number of hydrogen-bond donors (Lipinski definition) is 2. The van der Waals surface area contributed by atoms with Crippen molar-refractivity contribution >= 4 is 5.91 Å². The van der Waals surface area contributed by atoms with Crippen LogP contribution >= 0.6 is 0 Å². The quantitative estimate of drug-likeness (QED) is 0.313. The molecule has 40 heavy (non-hydrogen) atoms. The average molecular weight is 549 g/mol. The van der Waals surface area contributed by atoms with Crippen LogP contribution in [0.3, 0.4) is 0 Å².